The number of aromatic nitrogens is 2. The number of rotatable bonds is 8. The van der Waals surface area contributed by atoms with Gasteiger partial charge in [-0.2, -0.15) is 4.37 Å². The molecule has 2 aromatic rings. The first-order valence-electron chi connectivity index (χ1n) is 6.27. The van der Waals surface area contributed by atoms with Crippen LogP contribution in [0.15, 0.2) is 24.4 Å². The zero-order chi connectivity index (χ0) is 15.1. The number of benzene rings is 1. The molecule has 0 radical (unpaired) electrons. The molecule has 1 heterocycles. The van der Waals surface area contributed by atoms with Crippen molar-refractivity contribution in [2.45, 2.75) is 6.10 Å². The minimum absolute atomic E-state index is 0.136. The Morgan fingerprint density at radius 1 is 1.33 bits per heavy atom. The van der Waals surface area contributed by atoms with Crippen LogP contribution in [0.1, 0.15) is 0 Å². The van der Waals surface area contributed by atoms with Crippen molar-refractivity contribution in [3.8, 4) is 17.4 Å². The second kappa shape index (κ2) is 7.65. The molecule has 8 heteroatoms. The van der Waals surface area contributed by atoms with Crippen LogP contribution in [-0.2, 0) is 0 Å². The number of methoxy groups -OCH3 is 2. The fourth-order valence-corrected chi connectivity index (χ4v) is 2.00. The minimum Gasteiger partial charge on any atom is -0.497 e. The van der Waals surface area contributed by atoms with Crippen LogP contribution >= 0.6 is 11.7 Å². The Balaban J connectivity index is 1.84. The molecule has 1 atom stereocenters. The normalized spacial score (nSPS) is 11.8. The molecule has 0 amide bonds. The molecular formula is C13H17N3O4S. The highest BCUT2D eigenvalue weighted by atomic mass is 32.1. The zero-order valence-corrected chi connectivity index (χ0v) is 12.6. The highest BCUT2D eigenvalue weighted by Gasteiger charge is 2.09. The van der Waals surface area contributed by atoms with Gasteiger partial charge in [-0.15, -0.1) is 4.37 Å². The number of hydrogen-bond acceptors (Lipinski definition) is 8. The summed E-state index contributed by atoms with van der Waals surface area (Å²) in [7, 11) is 3.17. The number of hydrogen-bond donors (Lipinski definition) is 2. The van der Waals surface area contributed by atoms with Crippen LogP contribution in [0.25, 0.3) is 0 Å². The molecule has 0 spiro atoms. The molecule has 2 rings (SSSR count). The third-order valence-electron chi connectivity index (χ3n) is 2.70. The molecule has 1 unspecified atom stereocenters. The van der Waals surface area contributed by atoms with Gasteiger partial charge in [0.05, 0.1) is 31.6 Å². The molecule has 0 fully saturated rings. The first-order chi connectivity index (χ1) is 10.2. The van der Waals surface area contributed by atoms with E-state index in [4.69, 9.17) is 14.2 Å². The van der Waals surface area contributed by atoms with Crippen LogP contribution in [0.5, 0.6) is 17.4 Å². The molecule has 0 bridgehead atoms. The molecule has 2 N–H and O–H groups in total. The summed E-state index contributed by atoms with van der Waals surface area (Å²) in [6, 6.07) is 5.41. The van der Waals surface area contributed by atoms with E-state index in [1.54, 1.807) is 20.3 Å². The topological polar surface area (TPSA) is 85.7 Å². The Labute approximate surface area is 126 Å². The average Bonchev–Trinajstić information content (AvgIpc) is 3.04. The Kier molecular flexibility index (Phi) is 5.59. The van der Waals surface area contributed by atoms with Crippen molar-refractivity contribution in [3.63, 3.8) is 0 Å². The maximum Gasteiger partial charge on any atom is 0.245 e. The second-order valence-corrected chi connectivity index (χ2v) is 4.71. The van der Waals surface area contributed by atoms with Gasteiger partial charge in [0.25, 0.3) is 0 Å². The van der Waals surface area contributed by atoms with E-state index in [2.05, 4.69) is 14.1 Å². The van der Waals surface area contributed by atoms with Crippen molar-refractivity contribution in [2.24, 2.45) is 0 Å². The van der Waals surface area contributed by atoms with Crippen LogP contribution in [0.2, 0.25) is 0 Å². The predicted molar refractivity (Wildman–Crippen MR) is 79.4 cm³/mol. The van der Waals surface area contributed by atoms with Gasteiger partial charge in [0.2, 0.25) is 5.88 Å². The fraction of sp³-hybridized carbons (Fsp3) is 0.385. The minimum atomic E-state index is -0.682. The van der Waals surface area contributed by atoms with E-state index in [0.717, 1.165) is 17.4 Å². The van der Waals surface area contributed by atoms with E-state index in [0.29, 0.717) is 23.9 Å². The average molecular weight is 311 g/mol. The lowest BCUT2D eigenvalue weighted by molar-refractivity contribution is 0.115. The van der Waals surface area contributed by atoms with Gasteiger partial charge >= 0.3 is 0 Å². The van der Waals surface area contributed by atoms with E-state index in [1.807, 2.05) is 12.1 Å². The van der Waals surface area contributed by atoms with Gasteiger partial charge in [-0.05, 0) is 12.1 Å². The van der Waals surface area contributed by atoms with Crippen LogP contribution in [-0.4, -0.2) is 47.3 Å². The van der Waals surface area contributed by atoms with Crippen molar-refractivity contribution in [3.05, 3.63) is 24.4 Å². The first kappa shape index (κ1) is 15.3. The molecule has 0 saturated heterocycles. The lowest BCUT2D eigenvalue weighted by Crippen LogP contribution is -2.26. The number of nitrogens with one attached hydrogen (secondary N) is 1. The summed E-state index contributed by atoms with van der Waals surface area (Å²) in [4.78, 5) is 0. The van der Waals surface area contributed by atoms with Crippen LogP contribution in [0, 0.1) is 0 Å². The molecule has 7 nitrogen and oxygen atoms in total. The number of nitrogens with zero attached hydrogens (tertiary/aromatic N) is 2. The summed E-state index contributed by atoms with van der Waals surface area (Å²) < 4.78 is 23.4. The molecule has 0 aliphatic rings. The molecule has 114 valence electrons. The number of anilines is 1. The van der Waals surface area contributed by atoms with Gasteiger partial charge in [-0.25, -0.2) is 0 Å². The first-order valence-corrected chi connectivity index (χ1v) is 7.00. The Bertz CT molecular complexity index is 550. The molecule has 0 aliphatic carbocycles. The summed E-state index contributed by atoms with van der Waals surface area (Å²) in [6.07, 6.45) is 0.829. The highest BCUT2D eigenvalue weighted by molar-refractivity contribution is 6.99. The van der Waals surface area contributed by atoms with Gasteiger partial charge in [0.15, 0.2) is 0 Å². The predicted octanol–water partition coefficient (Wildman–Crippen LogP) is 1.41. The summed E-state index contributed by atoms with van der Waals surface area (Å²) in [6.45, 7) is 0.455. The van der Waals surface area contributed by atoms with Gasteiger partial charge in [-0.3, -0.25) is 0 Å². The smallest absolute Gasteiger partial charge is 0.245 e. The molecule has 1 aromatic heterocycles. The van der Waals surface area contributed by atoms with E-state index in [9.17, 15) is 5.11 Å². The fourth-order valence-electron chi connectivity index (χ4n) is 1.63. The lowest BCUT2D eigenvalue weighted by Gasteiger charge is -2.15. The third kappa shape index (κ3) is 4.47. The Morgan fingerprint density at radius 3 is 2.86 bits per heavy atom. The van der Waals surface area contributed by atoms with E-state index >= 15 is 0 Å². The van der Waals surface area contributed by atoms with E-state index in [-0.39, 0.29) is 6.61 Å². The van der Waals surface area contributed by atoms with Gasteiger partial charge in [0.1, 0.15) is 30.4 Å². The number of aliphatic hydroxyl groups is 1. The summed E-state index contributed by atoms with van der Waals surface area (Å²) in [5.74, 6) is 1.77. The molecule has 0 aliphatic heterocycles. The largest absolute Gasteiger partial charge is 0.497 e. The number of aliphatic hydroxyl groups excluding tert-OH is 1. The van der Waals surface area contributed by atoms with Crippen molar-refractivity contribution in [1.29, 1.82) is 0 Å². The SMILES string of the molecule is COc1ccc(NCC(O)COc2cnsn2)c(OC)c1. The maximum absolute atomic E-state index is 9.88. The summed E-state index contributed by atoms with van der Waals surface area (Å²) >= 11 is 1.06. The van der Waals surface area contributed by atoms with Crippen LogP contribution in [0.4, 0.5) is 5.69 Å². The van der Waals surface area contributed by atoms with Crippen LogP contribution < -0.4 is 19.5 Å². The Hall–Kier alpha value is -2.06. The number of ether oxygens (including phenoxy) is 3. The van der Waals surface area contributed by atoms with Gasteiger partial charge in [-0.1, -0.05) is 0 Å². The quantitative estimate of drug-likeness (QED) is 0.762. The van der Waals surface area contributed by atoms with Crippen molar-refractivity contribution < 1.29 is 19.3 Å². The van der Waals surface area contributed by atoms with Crippen molar-refractivity contribution >= 4 is 17.4 Å². The summed E-state index contributed by atoms with van der Waals surface area (Å²) in [5, 5.41) is 13.0. The highest BCUT2D eigenvalue weighted by Crippen LogP contribution is 2.28. The molecule has 1 aromatic carbocycles. The lowest BCUT2D eigenvalue weighted by atomic mass is 10.2. The zero-order valence-electron chi connectivity index (χ0n) is 11.8. The summed E-state index contributed by atoms with van der Waals surface area (Å²) in [5.41, 5.74) is 0.771. The van der Waals surface area contributed by atoms with E-state index in [1.165, 1.54) is 6.20 Å². The molecule has 0 saturated carbocycles. The molecular weight excluding hydrogens is 294 g/mol. The standard InChI is InChI=1S/C13H17N3O4S/c1-18-10-3-4-11(12(5-10)19-2)14-6-9(17)8-20-13-7-15-21-16-13/h3-5,7,9,14,17H,6,8H2,1-2H3. The van der Waals surface area contributed by atoms with Gasteiger partial charge < -0.3 is 24.6 Å². The Morgan fingerprint density at radius 2 is 2.19 bits per heavy atom. The maximum atomic E-state index is 9.88. The monoisotopic (exact) mass is 311 g/mol. The second-order valence-electron chi connectivity index (χ2n) is 4.16. The van der Waals surface area contributed by atoms with Crippen molar-refractivity contribution in [1.82, 2.24) is 8.75 Å². The van der Waals surface area contributed by atoms with Gasteiger partial charge in [0, 0.05) is 12.6 Å². The molecule has 21 heavy (non-hydrogen) atoms. The van der Waals surface area contributed by atoms with E-state index < -0.39 is 6.10 Å². The van der Waals surface area contributed by atoms with Crippen LogP contribution in [0.3, 0.4) is 0 Å². The third-order valence-corrected chi connectivity index (χ3v) is 3.16. The van der Waals surface area contributed by atoms with Crippen molar-refractivity contribution in [2.75, 3.05) is 32.7 Å².